The van der Waals surface area contributed by atoms with Crippen molar-refractivity contribution in [1.29, 1.82) is 0 Å². The van der Waals surface area contributed by atoms with E-state index in [1.165, 1.54) is 10.9 Å². The fourth-order valence-electron chi connectivity index (χ4n) is 1.62. The van der Waals surface area contributed by atoms with Crippen LogP contribution in [0, 0.1) is 0 Å². The Morgan fingerprint density at radius 3 is 2.93 bits per heavy atom. The van der Waals surface area contributed by atoms with Gasteiger partial charge < -0.3 is 5.73 Å². The molecule has 14 heavy (non-hydrogen) atoms. The van der Waals surface area contributed by atoms with Crippen LogP contribution in [-0.2, 0) is 6.54 Å². The summed E-state index contributed by atoms with van der Waals surface area (Å²) in [7, 11) is 0. The van der Waals surface area contributed by atoms with Crippen molar-refractivity contribution >= 4 is 10.9 Å². The third-order valence-electron chi connectivity index (χ3n) is 2.49. The van der Waals surface area contributed by atoms with Gasteiger partial charge in [-0.3, -0.25) is 4.68 Å². The monoisotopic (exact) mass is 189 g/mol. The van der Waals surface area contributed by atoms with Crippen LogP contribution in [0.2, 0.25) is 0 Å². The molecule has 1 atom stereocenters. The minimum absolute atomic E-state index is 0.0830. The van der Waals surface area contributed by atoms with Crippen LogP contribution >= 0.6 is 0 Å². The summed E-state index contributed by atoms with van der Waals surface area (Å²) in [5.74, 6) is 0. The molecule has 0 radical (unpaired) electrons. The molecule has 0 saturated heterocycles. The molecular weight excluding hydrogens is 174 g/mol. The molecule has 1 aromatic carbocycles. The summed E-state index contributed by atoms with van der Waals surface area (Å²) in [5.41, 5.74) is 8.16. The maximum Gasteiger partial charge on any atom is 0.0685 e. The zero-order chi connectivity index (χ0) is 10.1. The van der Waals surface area contributed by atoms with Gasteiger partial charge in [0.1, 0.15) is 0 Å². The van der Waals surface area contributed by atoms with Gasteiger partial charge in [0.15, 0.2) is 0 Å². The quantitative estimate of drug-likeness (QED) is 0.786. The van der Waals surface area contributed by atoms with E-state index < -0.39 is 0 Å². The molecule has 2 N–H and O–H groups in total. The van der Waals surface area contributed by atoms with Crippen LogP contribution in [0.4, 0.5) is 0 Å². The van der Waals surface area contributed by atoms with Crippen molar-refractivity contribution in [3.05, 3.63) is 30.0 Å². The summed E-state index contributed by atoms with van der Waals surface area (Å²) in [6, 6.07) is 6.35. The van der Waals surface area contributed by atoms with Crippen LogP contribution in [0.15, 0.2) is 24.4 Å². The van der Waals surface area contributed by atoms with Gasteiger partial charge in [0.2, 0.25) is 0 Å². The van der Waals surface area contributed by atoms with Crippen molar-refractivity contribution in [2.24, 2.45) is 5.73 Å². The fourth-order valence-corrected chi connectivity index (χ4v) is 1.62. The topological polar surface area (TPSA) is 43.8 Å². The van der Waals surface area contributed by atoms with Crippen molar-refractivity contribution in [3.8, 4) is 0 Å². The molecule has 0 bridgehead atoms. The van der Waals surface area contributed by atoms with Crippen LogP contribution in [0.1, 0.15) is 25.5 Å². The molecule has 1 aromatic heterocycles. The maximum absolute atomic E-state index is 5.84. The van der Waals surface area contributed by atoms with Crippen LogP contribution in [0.25, 0.3) is 10.9 Å². The Kier molecular flexibility index (Phi) is 2.25. The van der Waals surface area contributed by atoms with Crippen molar-refractivity contribution in [2.75, 3.05) is 0 Å². The van der Waals surface area contributed by atoms with Crippen LogP contribution in [0.3, 0.4) is 0 Å². The van der Waals surface area contributed by atoms with Crippen molar-refractivity contribution in [1.82, 2.24) is 9.78 Å². The zero-order valence-corrected chi connectivity index (χ0v) is 8.57. The first-order chi connectivity index (χ1) is 6.72. The number of benzene rings is 1. The van der Waals surface area contributed by atoms with E-state index in [0.29, 0.717) is 0 Å². The van der Waals surface area contributed by atoms with E-state index in [1.807, 2.05) is 17.8 Å². The summed E-state index contributed by atoms with van der Waals surface area (Å²) >= 11 is 0. The molecule has 0 fully saturated rings. The average Bonchev–Trinajstić information content (AvgIpc) is 2.59. The highest BCUT2D eigenvalue weighted by molar-refractivity contribution is 5.79. The number of fused-ring (bicyclic) bond motifs is 1. The first-order valence-electron chi connectivity index (χ1n) is 4.93. The van der Waals surface area contributed by atoms with Gasteiger partial charge in [0.25, 0.3) is 0 Å². The highest BCUT2D eigenvalue weighted by Crippen LogP contribution is 2.18. The predicted octanol–water partition coefficient (Wildman–Crippen LogP) is 2.08. The van der Waals surface area contributed by atoms with Crippen molar-refractivity contribution in [2.45, 2.75) is 26.4 Å². The van der Waals surface area contributed by atoms with Gasteiger partial charge in [0.05, 0.1) is 11.7 Å². The lowest BCUT2D eigenvalue weighted by Crippen LogP contribution is -2.05. The van der Waals surface area contributed by atoms with E-state index in [4.69, 9.17) is 5.73 Å². The Bertz CT molecular complexity index is 443. The second kappa shape index (κ2) is 3.42. The molecule has 2 aromatic rings. The summed E-state index contributed by atoms with van der Waals surface area (Å²) in [6.07, 6.45) is 1.89. The summed E-state index contributed by atoms with van der Waals surface area (Å²) in [6.45, 7) is 4.98. The molecule has 1 heterocycles. The number of aromatic nitrogens is 2. The highest BCUT2D eigenvalue weighted by Gasteiger charge is 2.04. The largest absolute Gasteiger partial charge is 0.324 e. The molecule has 0 spiro atoms. The zero-order valence-electron chi connectivity index (χ0n) is 8.57. The third kappa shape index (κ3) is 1.40. The Balaban J connectivity index is 2.61. The molecule has 0 saturated carbocycles. The van der Waals surface area contributed by atoms with Crippen molar-refractivity contribution < 1.29 is 0 Å². The Morgan fingerprint density at radius 2 is 2.29 bits per heavy atom. The van der Waals surface area contributed by atoms with Gasteiger partial charge in [-0.15, -0.1) is 0 Å². The van der Waals surface area contributed by atoms with Gasteiger partial charge in [-0.05, 0) is 25.5 Å². The second-order valence-electron chi connectivity index (χ2n) is 3.57. The SMILES string of the molecule is CCn1ncc2ccc(C(C)N)cc21. The molecule has 74 valence electrons. The normalized spacial score (nSPS) is 13.4. The van der Waals surface area contributed by atoms with E-state index in [1.54, 1.807) is 0 Å². The minimum atomic E-state index is 0.0830. The first kappa shape index (κ1) is 9.21. The third-order valence-corrected chi connectivity index (χ3v) is 2.49. The Hall–Kier alpha value is -1.35. The number of hydrogen-bond donors (Lipinski definition) is 1. The van der Waals surface area contributed by atoms with Crippen LogP contribution < -0.4 is 5.73 Å². The lowest BCUT2D eigenvalue weighted by molar-refractivity contribution is 0.683. The molecule has 1 unspecified atom stereocenters. The molecule has 0 aliphatic heterocycles. The summed E-state index contributed by atoms with van der Waals surface area (Å²) in [5, 5.41) is 5.47. The lowest BCUT2D eigenvalue weighted by atomic mass is 10.1. The van der Waals surface area contributed by atoms with E-state index in [2.05, 4.69) is 30.2 Å². The number of nitrogens with two attached hydrogens (primary N) is 1. The molecule has 0 amide bonds. The van der Waals surface area contributed by atoms with Crippen LogP contribution in [0.5, 0.6) is 0 Å². The van der Waals surface area contributed by atoms with Crippen molar-refractivity contribution in [3.63, 3.8) is 0 Å². The lowest BCUT2D eigenvalue weighted by Gasteiger charge is -2.06. The van der Waals surface area contributed by atoms with E-state index in [0.717, 1.165) is 12.1 Å². The maximum atomic E-state index is 5.84. The number of rotatable bonds is 2. The Labute approximate surface area is 83.5 Å². The van der Waals surface area contributed by atoms with Gasteiger partial charge in [-0.25, -0.2) is 0 Å². The fraction of sp³-hybridized carbons (Fsp3) is 0.364. The van der Waals surface area contributed by atoms with E-state index in [9.17, 15) is 0 Å². The highest BCUT2D eigenvalue weighted by atomic mass is 15.3. The average molecular weight is 189 g/mol. The number of nitrogens with zero attached hydrogens (tertiary/aromatic N) is 2. The van der Waals surface area contributed by atoms with E-state index >= 15 is 0 Å². The van der Waals surface area contributed by atoms with Crippen LogP contribution in [-0.4, -0.2) is 9.78 Å². The molecular formula is C11H15N3. The van der Waals surface area contributed by atoms with Gasteiger partial charge >= 0.3 is 0 Å². The second-order valence-corrected chi connectivity index (χ2v) is 3.57. The first-order valence-corrected chi connectivity index (χ1v) is 4.93. The smallest absolute Gasteiger partial charge is 0.0685 e. The summed E-state index contributed by atoms with van der Waals surface area (Å²) in [4.78, 5) is 0. The Morgan fingerprint density at radius 1 is 1.50 bits per heavy atom. The number of hydrogen-bond acceptors (Lipinski definition) is 2. The molecule has 3 nitrogen and oxygen atoms in total. The minimum Gasteiger partial charge on any atom is -0.324 e. The molecule has 0 aliphatic rings. The molecule has 2 rings (SSSR count). The standard InChI is InChI=1S/C11H15N3/c1-3-14-11-6-9(8(2)12)4-5-10(11)7-13-14/h4-8H,3,12H2,1-2H3. The molecule has 0 aliphatic carbocycles. The van der Waals surface area contributed by atoms with Gasteiger partial charge in [-0.2, -0.15) is 5.10 Å². The van der Waals surface area contributed by atoms with E-state index in [-0.39, 0.29) is 6.04 Å². The molecule has 3 heteroatoms. The number of aryl methyl sites for hydroxylation is 1. The van der Waals surface area contributed by atoms with Gasteiger partial charge in [0, 0.05) is 18.0 Å². The summed E-state index contributed by atoms with van der Waals surface area (Å²) < 4.78 is 1.99. The predicted molar refractivity (Wildman–Crippen MR) is 58.0 cm³/mol. The van der Waals surface area contributed by atoms with Gasteiger partial charge in [-0.1, -0.05) is 12.1 Å².